The second kappa shape index (κ2) is 10.6. The van der Waals surface area contributed by atoms with Crippen molar-refractivity contribution in [1.29, 1.82) is 0 Å². The summed E-state index contributed by atoms with van der Waals surface area (Å²) in [6.07, 6.45) is 1.91. The van der Waals surface area contributed by atoms with E-state index in [1.807, 2.05) is 6.92 Å². The van der Waals surface area contributed by atoms with Crippen LogP contribution in [-0.2, 0) is 13.1 Å². The highest BCUT2D eigenvalue weighted by atomic mass is 19.1. The highest BCUT2D eigenvalue weighted by Crippen LogP contribution is 2.24. The van der Waals surface area contributed by atoms with Gasteiger partial charge in [-0.25, -0.2) is 28.3 Å². The number of aromatic nitrogens is 4. The number of anilines is 2. The lowest BCUT2D eigenvalue weighted by Crippen LogP contribution is -2.42. The Kier molecular flexibility index (Phi) is 7.19. The van der Waals surface area contributed by atoms with Gasteiger partial charge < -0.3 is 15.2 Å². The Morgan fingerprint density at radius 3 is 2.42 bits per heavy atom. The molecule has 4 aromatic rings. The first-order valence-electron chi connectivity index (χ1n) is 11.0. The summed E-state index contributed by atoms with van der Waals surface area (Å²) in [4.78, 5) is 44.5. The van der Waals surface area contributed by atoms with Gasteiger partial charge in [0.05, 0.1) is 6.54 Å². The summed E-state index contributed by atoms with van der Waals surface area (Å²) < 4.78 is 21.4. The number of carboxylic acid groups (broad SMARTS) is 1. The zero-order chi connectivity index (χ0) is 25.7. The number of benzene rings is 2. The molecule has 11 heteroatoms. The Balaban J connectivity index is 1.61. The maximum absolute atomic E-state index is 13.3. The molecule has 0 spiro atoms. The molecule has 0 fully saturated rings. The van der Waals surface area contributed by atoms with Gasteiger partial charge in [0.15, 0.2) is 5.69 Å². The van der Waals surface area contributed by atoms with Gasteiger partial charge in [-0.15, -0.1) is 0 Å². The van der Waals surface area contributed by atoms with Crippen molar-refractivity contribution < 1.29 is 19.0 Å². The number of pyridine rings is 1. The van der Waals surface area contributed by atoms with Crippen LogP contribution in [0.4, 0.5) is 16.0 Å². The zero-order valence-electron chi connectivity index (χ0n) is 19.2. The van der Waals surface area contributed by atoms with Crippen molar-refractivity contribution >= 4 is 17.6 Å². The number of hydrogen-bond acceptors (Lipinski definition) is 7. The van der Waals surface area contributed by atoms with Gasteiger partial charge in [-0.05, 0) is 54.4 Å². The minimum Gasteiger partial charge on any atom is -0.477 e. The summed E-state index contributed by atoms with van der Waals surface area (Å²) in [5.41, 5.74) is -0.168. The Morgan fingerprint density at radius 1 is 1.03 bits per heavy atom. The van der Waals surface area contributed by atoms with E-state index in [4.69, 9.17) is 9.84 Å². The number of nitrogens with one attached hydrogen (secondary N) is 1. The molecule has 0 aliphatic heterocycles. The average Bonchev–Trinajstić information content (AvgIpc) is 2.86. The van der Waals surface area contributed by atoms with Gasteiger partial charge in [0.1, 0.15) is 17.3 Å². The van der Waals surface area contributed by atoms with Crippen LogP contribution in [0.25, 0.3) is 0 Å². The van der Waals surface area contributed by atoms with Crippen LogP contribution >= 0.6 is 0 Å². The van der Waals surface area contributed by atoms with Gasteiger partial charge in [-0.2, -0.15) is 4.98 Å². The molecule has 184 valence electrons. The number of hydrogen-bond donors (Lipinski definition) is 2. The van der Waals surface area contributed by atoms with Crippen LogP contribution in [0.2, 0.25) is 0 Å². The molecule has 0 unspecified atom stereocenters. The molecule has 2 aromatic heterocycles. The van der Waals surface area contributed by atoms with Crippen LogP contribution < -0.4 is 21.4 Å². The van der Waals surface area contributed by atoms with E-state index in [0.717, 1.165) is 4.57 Å². The van der Waals surface area contributed by atoms with Crippen LogP contribution in [0, 0.1) is 5.82 Å². The van der Waals surface area contributed by atoms with E-state index >= 15 is 0 Å². The molecular formula is C25H22FN5O5. The number of aromatic carboxylic acids is 1. The molecule has 0 radical (unpaired) electrons. The van der Waals surface area contributed by atoms with E-state index in [9.17, 15) is 18.8 Å². The molecule has 2 N–H and O–H groups in total. The van der Waals surface area contributed by atoms with Crippen molar-refractivity contribution in [3.8, 4) is 11.5 Å². The normalized spacial score (nSPS) is 10.7. The van der Waals surface area contributed by atoms with E-state index in [1.54, 1.807) is 36.4 Å². The molecule has 0 saturated heterocycles. The van der Waals surface area contributed by atoms with Gasteiger partial charge in [0.2, 0.25) is 5.95 Å². The Morgan fingerprint density at radius 2 is 1.75 bits per heavy atom. The maximum atomic E-state index is 13.3. The molecule has 0 bridgehead atoms. The predicted molar refractivity (Wildman–Crippen MR) is 130 cm³/mol. The lowest BCUT2D eigenvalue weighted by atomic mass is 10.2. The maximum Gasteiger partial charge on any atom is 0.354 e. The van der Waals surface area contributed by atoms with Gasteiger partial charge >= 0.3 is 17.3 Å². The number of rotatable bonds is 9. The summed E-state index contributed by atoms with van der Waals surface area (Å²) in [5.74, 6) is -0.794. The molecule has 10 nitrogen and oxygen atoms in total. The van der Waals surface area contributed by atoms with Crippen LogP contribution in [-0.4, -0.2) is 30.2 Å². The van der Waals surface area contributed by atoms with Gasteiger partial charge in [0.25, 0.3) is 0 Å². The zero-order valence-corrected chi connectivity index (χ0v) is 19.2. The van der Waals surface area contributed by atoms with Gasteiger partial charge in [0, 0.05) is 24.5 Å². The average molecular weight is 491 g/mol. The number of carbonyl (C=O) groups is 1. The fraction of sp³-hybridized carbons (Fsp3) is 0.160. The fourth-order valence-corrected chi connectivity index (χ4v) is 3.42. The number of halogens is 1. The molecule has 2 heterocycles. The van der Waals surface area contributed by atoms with Crippen LogP contribution in [0.1, 0.15) is 29.4 Å². The highest BCUT2D eigenvalue weighted by molar-refractivity contribution is 5.85. The van der Waals surface area contributed by atoms with Gasteiger partial charge in [-0.3, -0.25) is 4.57 Å². The number of ether oxygens (including phenoxy) is 1. The molecular weight excluding hydrogens is 469 g/mol. The molecule has 0 amide bonds. The lowest BCUT2D eigenvalue weighted by Gasteiger charge is -2.16. The largest absolute Gasteiger partial charge is 0.477 e. The second-order valence-electron chi connectivity index (χ2n) is 7.80. The van der Waals surface area contributed by atoms with Crippen LogP contribution in [0.15, 0.2) is 76.4 Å². The van der Waals surface area contributed by atoms with E-state index in [1.165, 1.54) is 35.0 Å². The van der Waals surface area contributed by atoms with Crippen molar-refractivity contribution in [2.75, 3.05) is 5.32 Å². The second-order valence-corrected chi connectivity index (χ2v) is 7.80. The molecule has 2 aromatic carbocycles. The molecule has 0 aliphatic rings. The van der Waals surface area contributed by atoms with Gasteiger partial charge in [-0.1, -0.05) is 19.1 Å². The summed E-state index contributed by atoms with van der Waals surface area (Å²) in [7, 11) is 0. The Bertz CT molecular complexity index is 1500. The summed E-state index contributed by atoms with van der Waals surface area (Å²) in [6, 6.07) is 15.1. The van der Waals surface area contributed by atoms with Crippen molar-refractivity contribution in [3.63, 3.8) is 0 Å². The van der Waals surface area contributed by atoms with Crippen molar-refractivity contribution in [2.24, 2.45) is 0 Å². The van der Waals surface area contributed by atoms with E-state index in [0.29, 0.717) is 29.2 Å². The first-order valence-corrected chi connectivity index (χ1v) is 11.0. The topological polar surface area (TPSA) is 128 Å². The predicted octanol–water partition coefficient (Wildman–Crippen LogP) is 3.63. The molecule has 4 rings (SSSR count). The minimum absolute atomic E-state index is 0.0376. The molecule has 0 atom stereocenters. The summed E-state index contributed by atoms with van der Waals surface area (Å²) >= 11 is 0. The lowest BCUT2D eigenvalue weighted by molar-refractivity contribution is 0.0690. The van der Waals surface area contributed by atoms with Crippen LogP contribution in [0.5, 0.6) is 11.5 Å². The van der Waals surface area contributed by atoms with Crippen molar-refractivity contribution in [3.05, 3.63) is 105 Å². The third-order valence-corrected chi connectivity index (χ3v) is 5.15. The SMILES string of the molecule is CCCn1c(=O)nc(Nc2ccc(Oc3ccnc(C(=O)O)c3)cc2)n(Cc2ccc(F)cc2)c1=O. The fourth-order valence-electron chi connectivity index (χ4n) is 3.42. The third-order valence-electron chi connectivity index (χ3n) is 5.15. The van der Waals surface area contributed by atoms with Crippen molar-refractivity contribution in [2.45, 2.75) is 26.4 Å². The van der Waals surface area contributed by atoms with E-state index in [-0.39, 0.29) is 24.7 Å². The summed E-state index contributed by atoms with van der Waals surface area (Å²) in [5, 5.41) is 12.1. The standard InChI is InChI=1S/C25H22FN5O5/c1-2-13-30-24(34)29-23(31(25(30)35)15-16-3-5-17(26)6-4-16)28-18-7-9-19(10-8-18)36-20-11-12-27-21(14-20)22(32)33/h3-12,14H,2,13,15H2,1H3,(H,32,33)(H,28,29,34). The summed E-state index contributed by atoms with van der Waals surface area (Å²) in [6.45, 7) is 2.15. The number of nitrogens with zero attached hydrogens (tertiary/aromatic N) is 4. The first-order chi connectivity index (χ1) is 17.3. The van der Waals surface area contributed by atoms with Crippen molar-refractivity contribution in [1.82, 2.24) is 19.1 Å². The quantitative estimate of drug-likeness (QED) is 0.363. The molecule has 0 saturated carbocycles. The minimum atomic E-state index is -1.17. The molecule has 36 heavy (non-hydrogen) atoms. The van der Waals surface area contributed by atoms with E-state index in [2.05, 4.69) is 15.3 Å². The Hall–Kier alpha value is -4.80. The number of carboxylic acids is 1. The smallest absolute Gasteiger partial charge is 0.354 e. The van der Waals surface area contributed by atoms with Crippen LogP contribution in [0.3, 0.4) is 0 Å². The third kappa shape index (κ3) is 5.63. The Labute approximate surface area is 204 Å². The highest BCUT2D eigenvalue weighted by Gasteiger charge is 2.14. The first kappa shape index (κ1) is 24.3. The monoisotopic (exact) mass is 491 g/mol. The molecule has 0 aliphatic carbocycles. The van der Waals surface area contributed by atoms with E-state index < -0.39 is 23.2 Å².